The minimum absolute atomic E-state index is 0.221. The van der Waals surface area contributed by atoms with Crippen molar-refractivity contribution in [2.45, 2.75) is 32.3 Å². The Balaban J connectivity index is 1.58. The third kappa shape index (κ3) is 6.44. The van der Waals surface area contributed by atoms with Gasteiger partial charge in [0, 0.05) is 5.56 Å². The fourth-order valence-electron chi connectivity index (χ4n) is 2.98. The minimum Gasteiger partial charge on any atom is -0.364 e. The highest BCUT2D eigenvalue weighted by atomic mass is 32.1. The van der Waals surface area contributed by atoms with Crippen LogP contribution in [0.5, 0.6) is 0 Å². The molecule has 0 spiro atoms. The minimum atomic E-state index is -3.23. The molecule has 0 amide bonds. The van der Waals surface area contributed by atoms with Crippen LogP contribution in [0.1, 0.15) is 31.7 Å². The lowest BCUT2D eigenvalue weighted by molar-refractivity contribution is 0.133. The molecular formula is C21H25N2O5PS. The van der Waals surface area contributed by atoms with E-state index in [0.29, 0.717) is 26.1 Å². The Morgan fingerprint density at radius 2 is 1.77 bits per heavy atom. The van der Waals surface area contributed by atoms with Gasteiger partial charge in [0.15, 0.2) is 5.34 Å². The molecule has 0 N–H and O–H groups in total. The van der Waals surface area contributed by atoms with Crippen molar-refractivity contribution in [2.75, 3.05) is 19.8 Å². The molecule has 0 aliphatic carbocycles. The van der Waals surface area contributed by atoms with Gasteiger partial charge in [-0.05, 0) is 43.9 Å². The van der Waals surface area contributed by atoms with Crippen molar-refractivity contribution in [1.82, 2.24) is 4.98 Å². The zero-order chi connectivity index (χ0) is 21.2. The van der Waals surface area contributed by atoms with Crippen molar-refractivity contribution in [3.8, 4) is 10.6 Å². The van der Waals surface area contributed by atoms with E-state index in [4.69, 9.17) is 9.05 Å². The lowest BCUT2D eigenvalue weighted by Crippen LogP contribution is -2.01. The van der Waals surface area contributed by atoms with Gasteiger partial charge in [0.25, 0.3) is 0 Å². The second-order valence-electron chi connectivity index (χ2n) is 6.67. The van der Waals surface area contributed by atoms with Gasteiger partial charge in [0.2, 0.25) is 0 Å². The van der Waals surface area contributed by atoms with Gasteiger partial charge >= 0.3 is 7.60 Å². The first-order valence-corrected chi connectivity index (χ1v) is 12.5. The molecule has 0 aliphatic heterocycles. The Hall–Kier alpha value is -2.12. The Morgan fingerprint density at radius 1 is 1.00 bits per heavy atom. The molecule has 0 saturated heterocycles. The average Bonchev–Trinajstić information content (AvgIpc) is 3.18. The summed E-state index contributed by atoms with van der Waals surface area (Å²) in [4.78, 5) is 18.9. The van der Waals surface area contributed by atoms with Crippen molar-refractivity contribution in [3.05, 3.63) is 59.0 Å². The lowest BCUT2D eigenvalue weighted by atomic mass is 10.2. The molecule has 0 radical (unpaired) electrons. The summed E-state index contributed by atoms with van der Waals surface area (Å²) in [6.45, 7) is 2.74. The molecule has 0 saturated carbocycles. The number of aromatic nitrogens is 1. The van der Waals surface area contributed by atoms with Crippen LogP contribution in [0.2, 0.25) is 0 Å². The molecule has 0 fully saturated rings. The van der Waals surface area contributed by atoms with E-state index in [1.54, 1.807) is 18.3 Å². The molecule has 7 nitrogen and oxygen atoms in total. The average molecular weight is 448 g/mol. The van der Waals surface area contributed by atoms with Crippen LogP contribution in [-0.2, 0) is 24.6 Å². The SMILES string of the molecule is CCOP(=O)(Cc1ccc(-c2nc3ccccc3s2)cc1)OCCCCCON=O. The summed E-state index contributed by atoms with van der Waals surface area (Å²) >= 11 is 1.65. The van der Waals surface area contributed by atoms with E-state index in [1.165, 1.54) is 0 Å². The van der Waals surface area contributed by atoms with E-state index in [-0.39, 0.29) is 12.8 Å². The van der Waals surface area contributed by atoms with Gasteiger partial charge in [-0.25, -0.2) is 4.98 Å². The van der Waals surface area contributed by atoms with E-state index in [2.05, 4.69) is 21.2 Å². The maximum Gasteiger partial charge on any atom is 0.335 e. The molecule has 0 bridgehead atoms. The van der Waals surface area contributed by atoms with E-state index in [0.717, 1.165) is 32.8 Å². The van der Waals surface area contributed by atoms with Crippen molar-refractivity contribution in [3.63, 3.8) is 0 Å². The Labute approximate surface area is 179 Å². The molecule has 3 rings (SSSR count). The van der Waals surface area contributed by atoms with Crippen LogP contribution in [0.4, 0.5) is 0 Å². The number of hydrogen-bond donors (Lipinski definition) is 0. The standard InChI is InChI=1S/C21H25N2O5PS/c1-2-27-29(25,28-15-7-3-6-14-26-23-24)16-17-10-12-18(13-11-17)21-22-19-8-4-5-9-20(19)30-21/h4-5,8-13H,2-3,6-7,14-16H2,1H3. The van der Waals surface area contributed by atoms with Crippen LogP contribution >= 0.6 is 18.9 Å². The predicted molar refractivity (Wildman–Crippen MR) is 120 cm³/mol. The molecule has 1 atom stereocenters. The number of fused-ring (bicyclic) bond motifs is 1. The van der Waals surface area contributed by atoms with Gasteiger partial charge in [-0.2, -0.15) is 0 Å². The number of thiazole rings is 1. The number of benzene rings is 2. The predicted octanol–water partition coefficient (Wildman–Crippen LogP) is 6.58. The highest BCUT2D eigenvalue weighted by Crippen LogP contribution is 2.51. The number of nitrogens with zero attached hydrogens (tertiary/aromatic N) is 2. The molecule has 2 aromatic carbocycles. The number of hydrogen-bond acceptors (Lipinski definition) is 8. The number of unbranched alkanes of at least 4 members (excludes halogenated alkanes) is 2. The van der Waals surface area contributed by atoms with Crippen LogP contribution in [0.15, 0.2) is 53.9 Å². The first-order valence-electron chi connectivity index (χ1n) is 9.91. The Kier molecular flexibility index (Phi) is 8.51. The highest BCUT2D eigenvalue weighted by molar-refractivity contribution is 7.53. The number of rotatable bonds is 13. The normalized spacial score (nSPS) is 13.2. The summed E-state index contributed by atoms with van der Waals surface area (Å²) in [5.41, 5.74) is 2.91. The third-order valence-electron chi connectivity index (χ3n) is 4.42. The fraction of sp³-hybridized carbons (Fsp3) is 0.381. The summed E-state index contributed by atoms with van der Waals surface area (Å²) in [5, 5.41) is 3.31. The van der Waals surface area contributed by atoms with Crippen LogP contribution in [-0.4, -0.2) is 24.8 Å². The Bertz CT molecular complexity index is 959. The maximum atomic E-state index is 13.1. The topological polar surface area (TPSA) is 87.1 Å². The maximum absolute atomic E-state index is 13.1. The molecule has 160 valence electrons. The molecule has 1 aromatic heterocycles. The quantitative estimate of drug-likeness (QED) is 0.127. The van der Waals surface area contributed by atoms with Crippen molar-refractivity contribution >= 4 is 29.1 Å². The van der Waals surface area contributed by atoms with E-state index < -0.39 is 7.60 Å². The largest absolute Gasteiger partial charge is 0.364 e. The van der Waals surface area contributed by atoms with E-state index in [1.807, 2.05) is 42.5 Å². The molecule has 0 aliphatic rings. The molecular weight excluding hydrogens is 423 g/mol. The molecule has 1 heterocycles. The molecule has 30 heavy (non-hydrogen) atoms. The van der Waals surface area contributed by atoms with E-state index in [9.17, 15) is 9.47 Å². The zero-order valence-corrected chi connectivity index (χ0v) is 18.6. The third-order valence-corrected chi connectivity index (χ3v) is 7.48. The summed E-state index contributed by atoms with van der Waals surface area (Å²) in [6, 6.07) is 15.9. The first-order chi connectivity index (χ1) is 14.6. The van der Waals surface area contributed by atoms with Gasteiger partial charge in [-0.1, -0.05) is 36.4 Å². The lowest BCUT2D eigenvalue weighted by Gasteiger charge is -2.18. The van der Waals surface area contributed by atoms with Crippen LogP contribution in [0, 0.1) is 4.91 Å². The smallest absolute Gasteiger partial charge is 0.335 e. The van der Waals surface area contributed by atoms with Gasteiger partial charge < -0.3 is 13.9 Å². The number of para-hydroxylation sites is 1. The van der Waals surface area contributed by atoms with Crippen LogP contribution in [0.25, 0.3) is 20.8 Å². The summed E-state index contributed by atoms with van der Waals surface area (Å²) in [5.74, 6) is 0. The second-order valence-corrected chi connectivity index (χ2v) is 9.76. The summed E-state index contributed by atoms with van der Waals surface area (Å²) in [7, 11) is -3.23. The molecule has 3 aromatic rings. The van der Waals surface area contributed by atoms with Gasteiger partial charge in [0.1, 0.15) is 11.6 Å². The zero-order valence-electron chi connectivity index (χ0n) is 16.9. The summed E-state index contributed by atoms with van der Waals surface area (Å²) < 4.78 is 25.3. The van der Waals surface area contributed by atoms with Gasteiger partial charge in [-0.3, -0.25) is 4.57 Å². The van der Waals surface area contributed by atoms with Crippen LogP contribution < -0.4 is 0 Å². The van der Waals surface area contributed by atoms with Crippen molar-refractivity contribution in [2.24, 2.45) is 5.34 Å². The fourth-order valence-corrected chi connectivity index (χ4v) is 5.67. The summed E-state index contributed by atoms with van der Waals surface area (Å²) in [6.07, 6.45) is 2.41. The van der Waals surface area contributed by atoms with E-state index >= 15 is 0 Å². The van der Waals surface area contributed by atoms with Gasteiger partial charge in [0.05, 0.1) is 29.6 Å². The Morgan fingerprint density at radius 3 is 2.50 bits per heavy atom. The van der Waals surface area contributed by atoms with Crippen LogP contribution in [0.3, 0.4) is 0 Å². The van der Waals surface area contributed by atoms with Crippen molar-refractivity contribution in [1.29, 1.82) is 0 Å². The van der Waals surface area contributed by atoms with Crippen molar-refractivity contribution < 1.29 is 18.5 Å². The molecule has 9 heteroatoms. The molecule has 1 unspecified atom stereocenters. The first kappa shape index (κ1) is 22.6. The monoisotopic (exact) mass is 448 g/mol. The second kappa shape index (κ2) is 11.3. The highest BCUT2D eigenvalue weighted by Gasteiger charge is 2.24. The van der Waals surface area contributed by atoms with Gasteiger partial charge in [-0.15, -0.1) is 16.2 Å².